The monoisotopic (exact) mass is 443 g/mol. The highest BCUT2D eigenvalue weighted by Gasteiger charge is 2.28. The van der Waals surface area contributed by atoms with E-state index in [1.807, 2.05) is 19.1 Å². The number of ketones is 1. The average Bonchev–Trinajstić information content (AvgIpc) is 3.31. The van der Waals surface area contributed by atoms with Gasteiger partial charge in [-0.25, -0.2) is 4.79 Å². The zero-order chi connectivity index (χ0) is 22.4. The van der Waals surface area contributed by atoms with Crippen LogP contribution in [0.15, 0.2) is 24.3 Å². The Bertz CT molecular complexity index is 992. The molecular formula is C23H25NO6S. The van der Waals surface area contributed by atoms with Crippen LogP contribution in [0.4, 0.5) is 5.00 Å². The fourth-order valence-electron chi connectivity index (χ4n) is 3.39. The molecule has 0 aliphatic heterocycles. The standard InChI is InChI=1S/C23H25NO6S/c1-3-29-23(28)21-16-5-4-6-18(16)31-22(21)24-19(26)13-30-20(27)12-11-17(25)15-9-7-14(2)8-10-15/h7-10H,3-6,11-13H2,1-2H3,(H,24,26). The quantitative estimate of drug-likeness (QED) is 0.467. The summed E-state index contributed by atoms with van der Waals surface area (Å²) in [4.78, 5) is 49.7. The molecule has 0 fully saturated rings. The molecule has 8 heteroatoms. The first-order valence-corrected chi connectivity index (χ1v) is 11.1. The van der Waals surface area contributed by atoms with E-state index >= 15 is 0 Å². The summed E-state index contributed by atoms with van der Waals surface area (Å²) in [5.41, 5.74) is 2.92. The number of nitrogens with one attached hydrogen (secondary N) is 1. The third-order valence-corrected chi connectivity index (χ3v) is 6.16. The summed E-state index contributed by atoms with van der Waals surface area (Å²) in [5.74, 6) is -1.78. The Morgan fingerprint density at radius 1 is 1.03 bits per heavy atom. The van der Waals surface area contributed by atoms with Gasteiger partial charge in [-0.1, -0.05) is 29.8 Å². The Morgan fingerprint density at radius 2 is 1.77 bits per heavy atom. The highest BCUT2D eigenvalue weighted by Crippen LogP contribution is 2.39. The van der Waals surface area contributed by atoms with Gasteiger partial charge in [-0.15, -0.1) is 11.3 Å². The van der Waals surface area contributed by atoms with Gasteiger partial charge in [0.1, 0.15) is 5.00 Å². The van der Waals surface area contributed by atoms with E-state index in [2.05, 4.69) is 5.32 Å². The van der Waals surface area contributed by atoms with E-state index in [0.717, 1.165) is 35.3 Å². The van der Waals surface area contributed by atoms with Crippen molar-refractivity contribution in [3.8, 4) is 0 Å². The van der Waals surface area contributed by atoms with Crippen LogP contribution < -0.4 is 5.32 Å². The predicted molar refractivity (Wildman–Crippen MR) is 117 cm³/mol. The van der Waals surface area contributed by atoms with Crippen molar-refractivity contribution >= 4 is 40.0 Å². The summed E-state index contributed by atoms with van der Waals surface area (Å²) in [6.45, 7) is 3.42. The minimum Gasteiger partial charge on any atom is -0.462 e. The third kappa shape index (κ3) is 5.79. The normalized spacial score (nSPS) is 12.2. The lowest BCUT2D eigenvalue weighted by Gasteiger charge is -2.08. The molecule has 1 heterocycles. The Hall–Kier alpha value is -3.00. The van der Waals surface area contributed by atoms with Gasteiger partial charge < -0.3 is 14.8 Å². The molecular weight excluding hydrogens is 418 g/mol. The van der Waals surface area contributed by atoms with Crippen molar-refractivity contribution in [2.45, 2.75) is 46.0 Å². The zero-order valence-corrected chi connectivity index (χ0v) is 18.4. The molecule has 1 aromatic heterocycles. The first kappa shape index (κ1) is 22.7. The van der Waals surface area contributed by atoms with Gasteiger partial charge in [0.25, 0.3) is 5.91 Å². The summed E-state index contributed by atoms with van der Waals surface area (Å²) >= 11 is 1.36. The zero-order valence-electron chi connectivity index (χ0n) is 17.6. The van der Waals surface area contributed by atoms with E-state index in [1.54, 1.807) is 19.1 Å². The maximum absolute atomic E-state index is 12.3. The minimum absolute atomic E-state index is 0.00810. The Kier molecular flexibility index (Phi) is 7.57. The molecule has 2 aromatic rings. The Balaban J connectivity index is 1.50. The summed E-state index contributed by atoms with van der Waals surface area (Å²) in [6.07, 6.45) is 2.52. The lowest BCUT2D eigenvalue weighted by Crippen LogP contribution is -2.22. The van der Waals surface area contributed by atoms with Crippen LogP contribution >= 0.6 is 11.3 Å². The molecule has 1 aliphatic carbocycles. The van der Waals surface area contributed by atoms with Crippen LogP contribution in [0.5, 0.6) is 0 Å². The third-order valence-electron chi connectivity index (χ3n) is 4.95. The second-order valence-corrected chi connectivity index (χ2v) is 8.39. The number of carbonyl (C=O) groups is 4. The molecule has 1 N–H and O–H groups in total. The number of thiophene rings is 1. The van der Waals surface area contributed by atoms with Crippen LogP contribution in [0.2, 0.25) is 0 Å². The lowest BCUT2D eigenvalue weighted by molar-refractivity contribution is -0.147. The maximum Gasteiger partial charge on any atom is 0.341 e. The predicted octanol–water partition coefficient (Wildman–Crippen LogP) is 3.87. The fourth-order valence-corrected chi connectivity index (χ4v) is 4.69. The van der Waals surface area contributed by atoms with Crippen molar-refractivity contribution in [1.82, 2.24) is 0 Å². The molecule has 0 radical (unpaired) electrons. The lowest BCUT2D eigenvalue weighted by atomic mass is 10.1. The highest BCUT2D eigenvalue weighted by molar-refractivity contribution is 7.17. The number of hydrogen-bond acceptors (Lipinski definition) is 7. The van der Waals surface area contributed by atoms with Crippen LogP contribution in [0, 0.1) is 6.92 Å². The molecule has 0 atom stereocenters. The number of esters is 2. The molecule has 0 saturated carbocycles. The average molecular weight is 444 g/mol. The number of rotatable bonds is 9. The molecule has 3 rings (SSSR count). The van der Waals surface area contributed by atoms with Crippen LogP contribution in [0.1, 0.15) is 62.9 Å². The number of anilines is 1. The maximum atomic E-state index is 12.3. The molecule has 0 saturated heterocycles. The Labute approximate surface area is 184 Å². The van der Waals surface area contributed by atoms with Crippen molar-refractivity contribution < 1.29 is 28.7 Å². The minimum atomic E-state index is -0.630. The van der Waals surface area contributed by atoms with Gasteiger partial charge in [0.15, 0.2) is 12.4 Å². The molecule has 1 aliphatic rings. The van der Waals surface area contributed by atoms with Gasteiger partial charge in [-0.05, 0) is 38.7 Å². The number of fused-ring (bicyclic) bond motifs is 1. The molecule has 1 amide bonds. The van der Waals surface area contributed by atoms with Crippen LogP contribution in [0.3, 0.4) is 0 Å². The van der Waals surface area contributed by atoms with Crippen molar-refractivity contribution in [2.75, 3.05) is 18.5 Å². The second-order valence-electron chi connectivity index (χ2n) is 7.28. The van der Waals surface area contributed by atoms with Crippen molar-refractivity contribution in [2.24, 2.45) is 0 Å². The van der Waals surface area contributed by atoms with Gasteiger partial charge in [0, 0.05) is 16.9 Å². The number of Topliss-reactive ketones (excluding diaryl/α,β-unsaturated/α-hetero) is 1. The van der Waals surface area contributed by atoms with E-state index in [1.165, 1.54) is 11.3 Å². The first-order chi connectivity index (χ1) is 14.9. The number of hydrogen-bond donors (Lipinski definition) is 1. The largest absolute Gasteiger partial charge is 0.462 e. The van der Waals surface area contributed by atoms with E-state index < -0.39 is 24.5 Å². The number of benzene rings is 1. The van der Waals surface area contributed by atoms with Gasteiger partial charge in [-0.2, -0.15) is 0 Å². The number of aryl methyl sites for hydroxylation is 2. The van der Waals surface area contributed by atoms with Crippen LogP contribution in [-0.4, -0.2) is 36.8 Å². The molecule has 7 nitrogen and oxygen atoms in total. The smallest absolute Gasteiger partial charge is 0.341 e. The van der Waals surface area contributed by atoms with E-state index in [9.17, 15) is 19.2 Å². The molecule has 0 unspecified atom stereocenters. The molecule has 0 spiro atoms. The van der Waals surface area contributed by atoms with Crippen molar-refractivity contribution in [3.05, 3.63) is 51.4 Å². The summed E-state index contributed by atoms with van der Waals surface area (Å²) in [5, 5.41) is 3.09. The first-order valence-electron chi connectivity index (χ1n) is 10.3. The van der Waals surface area contributed by atoms with Gasteiger partial charge >= 0.3 is 11.9 Å². The van der Waals surface area contributed by atoms with E-state index in [-0.39, 0.29) is 25.2 Å². The molecule has 0 bridgehead atoms. The van der Waals surface area contributed by atoms with Gasteiger partial charge in [0.2, 0.25) is 0 Å². The summed E-state index contributed by atoms with van der Waals surface area (Å²) in [6, 6.07) is 7.10. The second kappa shape index (κ2) is 10.3. The van der Waals surface area contributed by atoms with Crippen LogP contribution in [-0.2, 0) is 31.9 Å². The number of amides is 1. The Morgan fingerprint density at radius 3 is 2.48 bits per heavy atom. The van der Waals surface area contributed by atoms with E-state index in [0.29, 0.717) is 16.1 Å². The number of carbonyl (C=O) groups excluding carboxylic acids is 4. The van der Waals surface area contributed by atoms with E-state index in [4.69, 9.17) is 9.47 Å². The van der Waals surface area contributed by atoms with Crippen molar-refractivity contribution in [3.63, 3.8) is 0 Å². The topological polar surface area (TPSA) is 98.8 Å². The summed E-state index contributed by atoms with van der Waals surface area (Å²) < 4.78 is 10.1. The molecule has 31 heavy (non-hydrogen) atoms. The van der Waals surface area contributed by atoms with Crippen LogP contribution in [0.25, 0.3) is 0 Å². The number of ether oxygens (including phenoxy) is 2. The van der Waals surface area contributed by atoms with Gasteiger partial charge in [-0.3, -0.25) is 14.4 Å². The van der Waals surface area contributed by atoms with Gasteiger partial charge in [0.05, 0.1) is 18.6 Å². The SMILES string of the molecule is CCOC(=O)c1c(NC(=O)COC(=O)CCC(=O)c2ccc(C)cc2)sc2c1CCC2. The van der Waals surface area contributed by atoms with Crippen molar-refractivity contribution in [1.29, 1.82) is 0 Å². The molecule has 164 valence electrons. The summed E-state index contributed by atoms with van der Waals surface area (Å²) in [7, 11) is 0. The fraction of sp³-hybridized carbons (Fsp3) is 0.391. The highest BCUT2D eigenvalue weighted by atomic mass is 32.1. The molecule has 1 aromatic carbocycles.